The standard InChI is InChI=1S/C16H19FN2OS/c1-10-8-14(16(20)19-9-11(2)18-3)21-15(10)12-4-6-13(17)7-5-12/h4-8,11,18H,9H2,1-3H3,(H,19,20). The number of amides is 1. The molecular weight excluding hydrogens is 287 g/mol. The van der Waals surface area contributed by atoms with E-state index in [0.717, 1.165) is 16.0 Å². The van der Waals surface area contributed by atoms with Gasteiger partial charge in [0, 0.05) is 17.5 Å². The van der Waals surface area contributed by atoms with Gasteiger partial charge in [0.15, 0.2) is 0 Å². The molecule has 1 aromatic heterocycles. The molecule has 3 nitrogen and oxygen atoms in total. The maximum absolute atomic E-state index is 13.0. The SMILES string of the molecule is CNC(C)CNC(=O)c1cc(C)c(-c2ccc(F)cc2)s1. The van der Waals surface area contributed by atoms with Gasteiger partial charge in [-0.2, -0.15) is 0 Å². The van der Waals surface area contributed by atoms with Crippen LogP contribution in [-0.4, -0.2) is 25.5 Å². The summed E-state index contributed by atoms with van der Waals surface area (Å²) in [5.74, 6) is -0.328. The van der Waals surface area contributed by atoms with Crippen LogP contribution in [0.3, 0.4) is 0 Å². The number of hydrogen-bond acceptors (Lipinski definition) is 3. The minimum Gasteiger partial charge on any atom is -0.350 e. The van der Waals surface area contributed by atoms with Gasteiger partial charge in [-0.3, -0.25) is 4.79 Å². The molecule has 1 atom stereocenters. The maximum Gasteiger partial charge on any atom is 0.261 e. The van der Waals surface area contributed by atoms with Crippen molar-refractivity contribution in [1.82, 2.24) is 10.6 Å². The van der Waals surface area contributed by atoms with E-state index >= 15 is 0 Å². The Hall–Kier alpha value is -1.72. The van der Waals surface area contributed by atoms with Crippen molar-refractivity contribution in [3.63, 3.8) is 0 Å². The van der Waals surface area contributed by atoms with Crippen LogP contribution in [0.4, 0.5) is 4.39 Å². The Kier molecular flexibility index (Phi) is 5.09. The molecule has 2 N–H and O–H groups in total. The molecule has 1 heterocycles. The summed E-state index contributed by atoms with van der Waals surface area (Å²) in [6.45, 7) is 4.55. The first-order chi connectivity index (χ1) is 10.0. The molecule has 0 spiro atoms. The third-order valence-corrected chi connectivity index (χ3v) is 4.59. The predicted molar refractivity (Wildman–Crippen MR) is 85.3 cm³/mol. The highest BCUT2D eigenvalue weighted by molar-refractivity contribution is 7.17. The predicted octanol–water partition coefficient (Wildman–Crippen LogP) is 3.20. The molecule has 2 rings (SSSR count). The van der Waals surface area contributed by atoms with Crippen LogP contribution in [0.15, 0.2) is 30.3 Å². The van der Waals surface area contributed by atoms with Gasteiger partial charge < -0.3 is 10.6 Å². The number of rotatable bonds is 5. The quantitative estimate of drug-likeness (QED) is 0.890. The Morgan fingerprint density at radius 3 is 2.62 bits per heavy atom. The highest BCUT2D eigenvalue weighted by atomic mass is 32.1. The molecule has 1 unspecified atom stereocenters. The molecule has 0 aliphatic carbocycles. The van der Waals surface area contributed by atoms with Crippen LogP contribution < -0.4 is 10.6 Å². The van der Waals surface area contributed by atoms with Gasteiger partial charge in [0.05, 0.1) is 4.88 Å². The van der Waals surface area contributed by atoms with Crippen molar-refractivity contribution in [2.45, 2.75) is 19.9 Å². The van der Waals surface area contributed by atoms with E-state index in [1.165, 1.54) is 23.5 Å². The van der Waals surface area contributed by atoms with E-state index in [9.17, 15) is 9.18 Å². The molecule has 0 saturated carbocycles. The third kappa shape index (κ3) is 3.89. The van der Waals surface area contributed by atoms with Crippen molar-refractivity contribution in [2.24, 2.45) is 0 Å². The van der Waals surface area contributed by atoms with Gasteiger partial charge in [0.2, 0.25) is 0 Å². The van der Waals surface area contributed by atoms with Crippen molar-refractivity contribution in [3.05, 3.63) is 46.6 Å². The number of nitrogens with one attached hydrogen (secondary N) is 2. The lowest BCUT2D eigenvalue weighted by Crippen LogP contribution is -2.36. The van der Waals surface area contributed by atoms with Crippen molar-refractivity contribution in [1.29, 1.82) is 0 Å². The topological polar surface area (TPSA) is 41.1 Å². The molecule has 1 amide bonds. The number of carbonyl (C=O) groups excluding carboxylic acids is 1. The molecule has 0 saturated heterocycles. The van der Waals surface area contributed by atoms with E-state index < -0.39 is 0 Å². The minimum absolute atomic E-state index is 0.0708. The molecule has 1 aromatic carbocycles. The summed E-state index contributed by atoms with van der Waals surface area (Å²) < 4.78 is 13.0. The van der Waals surface area contributed by atoms with Gasteiger partial charge in [0.1, 0.15) is 5.82 Å². The molecular formula is C16H19FN2OS. The van der Waals surface area contributed by atoms with Crippen molar-refractivity contribution in [2.75, 3.05) is 13.6 Å². The second-order valence-corrected chi connectivity index (χ2v) is 6.08. The summed E-state index contributed by atoms with van der Waals surface area (Å²) in [6, 6.07) is 8.44. The van der Waals surface area contributed by atoms with Crippen LogP contribution in [0.2, 0.25) is 0 Å². The fourth-order valence-electron chi connectivity index (χ4n) is 1.92. The Balaban J connectivity index is 2.15. The van der Waals surface area contributed by atoms with E-state index in [0.29, 0.717) is 11.4 Å². The second kappa shape index (κ2) is 6.83. The Labute approximate surface area is 128 Å². The maximum atomic E-state index is 13.0. The Bertz CT molecular complexity index is 622. The minimum atomic E-state index is -0.257. The van der Waals surface area contributed by atoms with Gasteiger partial charge in [-0.05, 0) is 50.2 Å². The lowest BCUT2D eigenvalue weighted by atomic mass is 10.1. The smallest absolute Gasteiger partial charge is 0.261 e. The highest BCUT2D eigenvalue weighted by Crippen LogP contribution is 2.32. The summed E-state index contributed by atoms with van der Waals surface area (Å²) in [7, 11) is 1.86. The first kappa shape index (κ1) is 15.7. The van der Waals surface area contributed by atoms with Crippen LogP contribution >= 0.6 is 11.3 Å². The van der Waals surface area contributed by atoms with Crippen LogP contribution in [0.25, 0.3) is 10.4 Å². The lowest BCUT2D eigenvalue weighted by Gasteiger charge is -2.10. The molecule has 5 heteroatoms. The van der Waals surface area contributed by atoms with Gasteiger partial charge in [-0.15, -0.1) is 11.3 Å². The molecule has 0 fully saturated rings. The van der Waals surface area contributed by atoms with E-state index in [-0.39, 0.29) is 17.8 Å². The second-order valence-electron chi connectivity index (χ2n) is 5.03. The molecule has 2 aromatic rings. The zero-order chi connectivity index (χ0) is 15.4. The van der Waals surface area contributed by atoms with Gasteiger partial charge in [0.25, 0.3) is 5.91 Å². The average molecular weight is 306 g/mol. The Morgan fingerprint density at radius 1 is 1.33 bits per heavy atom. The summed E-state index contributed by atoms with van der Waals surface area (Å²) in [5, 5.41) is 5.97. The van der Waals surface area contributed by atoms with Crippen molar-refractivity contribution in [3.8, 4) is 10.4 Å². The van der Waals surface area contributed by atoms with E-state index in [1.807, 2.05) is 27.0 Å². The number of halogens is 1. The fraction of sp³-hybridized carbons (Fsp3) is 0.312. The summed E-state index contributed by atoms with van der Waals surface area (Å²) >= 11 is 1.43. The van der Waals surface area contributed by atoms with E-state index in [4.69, 9.17) is 0 Å². The molecule has 21 heavy (non-hydrogen) atoms. The van der Waals surface area contributed by atoms with Crippen LogP contribution in [0.5, 0.6) is 0 Å². The van der Waals surface area contributed by atoms with Gasteiger partial charge >= 0.3 is 0 Å². The number of hydrogen-bond donors (Lipinski definition) is 2. The third-order valence-electron chi connectivity index (χ3n) is 3.31. The summed E-state index contributed by atoms with van der Waals surface area (Å²) in [5.41, 5.74) is 1.96. The molecule has 0 bridgehead atoms. The van der Waals surface area contributed by atoms with Gasteiger partial charge in [-0.1, -0.05) is 12.1 Å². The van der Waals surface area contributed by atoms with Crippen LogP contribution in [-0.2, 0) is 0 Å². The first-order valence-electron chi connectivity index (χ1n) is 6.83. The van der Waals surface area contributed by atoms with Crippen LogP contribution in [0.1, 0.15) is 22.2 Å². The van der Waals surface area contributed by atoms with Crippen LogP contribution in [0, 0.1) is 12.7 Å². The first-order valence-corrected chi connectivity index (χ1v) is 7.64. The largest absolute Gasteiger partial charge is 0.350 e. The molecule has 0 radical (unpaired) electrons. The molecule has 0 aliphatic rings. The van der Waals surface area contributed by atoms with E-state index in [2.05, 4.69) is 10.6 Å². The number of likely N-dealkylation sites (N-methyl/N-ethyl adjacent to an activating group) is 1. The number of aryl methyl sites for hydroxylation is 1. The highest BCUT2D eigenvalue weighted by Gasteiger charge is 2.14. The fourth-order valence-corrected chi connectivity index (χ4v) is 3.01. The van der Waals surface area contributed by atoms with Crippen molar-refractivity contribution < 1.29 is 9.18 Å². The molecule has 112 valence electrons. The number of carbonyl (C=O) groups is 1. The van der Waals surface area contributed by atoms with Gasteiger partial charge in [-0.25, -0.2) is 4.39 Å². The number of thiophene rings is 1. The zero-order valence-corrected chi connectivity index (χ0v) is 13.2. The monoisotopic (exact) mass is 306 g/mol. The molecule has 0 aliphatic heterocycles. The van der Waals surface area contributed by atoms with Crippen molar-refractivity contribution >= 4 is 17.2 Å². The van der Waals surface area contributed by atoms with E-state index in [1.54, 1.807) is 12.1 Å². The summed E-state index contributed by atoms with van der Waals surface area (Å²) in [6.07, 6.45) is 0. The average Bonchev–Trinajstić information content (AvgIpc) is 2.87. The number of benzene rings is 1. The summed E-state index contributed by atoms with van der Waals surface area (Å²) in [4.78, 5) is 13.8. The normalized spacial score (nSPS) is 12.2. The Morgan fingerprint density at radius 2 is 2.00 bits per heavy atom. The zero-order valence-electron chi connectivity index (χ0n) is 12.4. The lowest BCUT2D eigenvalue weighted by molar-refractivity contribution is 0.0954.